The number of carbonyl (C=O) groups is 2. The Morgan fingerprint density at radius 1 is 1.16 bits per heavy atom. The molecule has 4 rings (SSSR count). The molecule has 1 N–H and O–H groups in total. The quantitative estimate of drug-likeness (QED) is 0.635. The van der Waals surface area contributed by atoms with Gasteiger partial charge in [0.1, 0.15) is 0 Å². The molecule has 1 aromatic heterocycles. The lowest BCUT2D eigenvalue weighted by molar-refractivity contribution is -0.129. The molecule has 0 spiro atoms. The number of carbonyl (C=O) groups excluding carboxylic acids is 2. The van der Waals surface area contributed by atoms with Crippen LogP contribution in [0.5, 0.6) is 0 Å². The number of rotatable bonds is 8. The smallest absolute Gasteiger partial charge is 0.290 e. The Kier molecular flexibility index (Phi) is 6.85. The van der Waals surface area contributed by atoms with Gasteiger partial charge in [-0.3, -0.25) is 14.5 Å². The van der Waals surface area contributed by atoms with Gasteiger partial charge in [0, 0.05) is 26.2 Å². The van der Waals surface area contributed by atoms with Crippen molar-refractivity contribution in [2.45, 2.75) is 25.8 Å². The van der Waals surface area contributed by atoms with E-state index in [1.165, 1.54) is 16.9 Å². The van der Waals surface area contributed by atoms with Gasteiger partial charge in [-0.05, 0) is 35.4 Å². The van der Waals surface area contributed by atoms with E-state index < -0.39 is 17.7 Å². The number of ketones is 1. The number of ether oxygens (including phenoxy) is 1. The standard InChI is InChI=1S/C24H28N2O4S/c1-2-17-6-8-18(9-7-17)21-20(22(27)19-5-3-16-31-19)23(28)24(29)26(21)11-4-10-25-12-14-30-15-13-25/h3,5-9,16,21,28H,2,4,10-15H2,1H3/t21-/m1/s1. The van der Waals surface area contributed by atoms with Gasteiger partial charge in [-0.25, -0.2) is 0 Å². The molecule has 0 unspecified atom stereocenters. The number of hydrogen-bond acceptors (Lipinski definition) is 6. The fourth-order valence-electron chi connectivity index (χ4n) is 4.23. The zero-order chi connectivity index (χ0) is 21.8. The number of thiophene rings is 1. The van der Waals surface area contributed by atoms with Crippen LogP contribution >= 0.6 is 11.3 Å². The van der Waals surface area contributed by atoms with Crippen molar-refractivity contribution in [2.24, 2.45) is 0 Å². The monoisotopic (exact) mass is 440 g/mol. The molecule has 1 fully saturated rings. The Balaban J connectivity index is 1.59. The van der Waals surface area contributed by atoms with Crippen LogP contribution in [-0.2, 0) is 16.0 Å². The summed E-state index contributed by atoms with van der Waals surface area (Å²) in [5.41, 5.74) is 2.22. The molecular weight excluding hydrogens is 412 g/mol. The SMILES string of the molecule is CCc1ccc([C@@H]2C(C(=O)c3cccs3)=C(O)C(=O)N2CCCN2CCOCC2)cc1. The first-order valence-corrected chi connectivity index (χ1v) is 11.7. The summed E-state index contributed by atoms with van der Waals surface area (Å²) in [5.74, 6) is -1.16. The first-order chi connectivity index (χ1) is 15.1. The van der Waals surface area contributed by atoms with E-state index in [0.29, 0.717) is 11.4 Å². The number of benzene rings is 1. The van der Waals surface area contributed by atoms with E-state index in [-0.39, 0.29) is 11.4 Å². The molecule has 1 aromatic carbocycles. The topological polar surface area (TPSA) is 70.1 Å². The van der Waals surface area contributed by atoms with Crippen LogP contribution in [0.15, 0.2) is 53.1 Å². The molecule has 0 saturated carbocycles. The van der Waals surface area contributed by atoms with Crippen molar-refractivity contribution in [3.8, 4) is 0 Å². The normalized spacial score (nSPS) is 20.0. The molecule has 2 aromatic rings. The van der Waals surface area contributed by atoms with Crippen molar-refractivity contribution >= 4 is 23.0 Å². The number of amides is 1. The Morgan fingerprint density at radius 3 is 2.55 bits per heavy atom. The highest BCUT2D eigenvalue weighted by molar-refractivity contribution is 7.12. The third-order valence-electron chi connectivity index (χ3n) is 5.97. The van der Waals surface area contributed by atoms with Gasteiger partial charge in [0.25, 0.3) is 5.91 Å². The van der Waals surface area contributed by atoms with E-state index in [1.807, 2.05) is 29.6 Å². The third kappa shape index (κ3) is 4.59. The molecule has 31 heavy (non-hydrogen) atoms. The zero-order valence-corrected chi connectivity index (χ0v) is 18.6. The number of morpholine rings is 1. The predicted molar refractivity (Wildman–Crippen MR) is 120 cm³/mol. The lowest BCUT2D eigenvalue weighted by Gasteiger charge is -2.30. The first kappa shape index (κ1) is 21.7. The van der Waals surface area contributed by atoms with Crippen LogP contribution in [0.4, 0.5) is 0 Å². The second kappa shape index (κ2) is 9.77. The van der Waals surface area contributed by atoms with E-state index >= 15 is 0 Å². The molecule has 1 saturated heterocycles. The second-order valence-electron chi connectivity index (χ2n) is 7.87. The maximum Gasteiger partial charge on any atom is 0.290 e. The number of aliphatic hydroxyl groups excluding tert-OH is 1. The minimum atomic E-state index is -0.572. The summed E-state index contributed by atoms with van der Waals surface area (Å²) in [6.45, 7) is 6.66. The van der Waals surface area contributed by atoms with Gasteiger partial charge in [-0.1, -0.05) is 37.3 Å². The third-order valence-corrected chi connectivity index (χ3v) is 6.84. The highest BCUT2D eigenvalue weighted by Gasteiger charge is 2.43. The number of aryl methyl sites for hydroxylation is 1. The average molecular weight is 441 g/mol. The summed E-state index contributed by atoms with van der Waals surface area (Å²) in [6.07, 6.45) is 1.68. The second-order valence-corrected chi connectivity index (χ2v) is 8.82. The molecule has 164 valence electrons. The fourth-order valence-corrected chi connectivity index (χ4v) is 4.91. The Bertz CT molecular complexity index is 946. The highest BCUT2D eigenvalue weighted by atomic mass is 32.1. The summed E-state index contributed by atoms with van der Waals surface area (Å²) in [7, 11) is 0. The van der Waals surface area contributed by atoms with Crippen LogP contribution in [0.25, 0.3) is 0 Å². The molecule has 6 nitrogen and oxygen atoms in total. The van der Waals surface area contributed by atoms with Crippen molar-refractivity contribution in [2.75, 3.05) is 39.4 Å². The van der Waals surface area contributed by atoms with E-state index in [9.17, 15) is 14.7 Å². The zero-order valence-electron chi connectivity index (χ0n) is 17.8. The van der Waals surface area contributed by atoms with E-state index in [4.69, 9.17) is 4.74 Å². The van der Waals surface area contributed by atoms with Crippen molar-refractivity contribution in [1.29, 1.82) is 0 Å². The Hall–Kier alpha value is -2.48. The van der Waals surface area contributed by atoms with Gasteiger partial charge < -0.3 is 14.7 Å². The molecule has 0 aliphatic carbocycles. The van der Waals surface area contributed by atoms with E-state index in [1.54, 1.807) is 17.0 Å². The van der Waals surface area contributed by atoms with Crippen molar-refractivity contribution in [3.63, 3.8) is 0 Å². The van der Waals surface area contributed by atoms with Gasteiger partial charge in [0.05, 0.1) is 29.7 Å². The van der Waals surface area contributed by atoms with Gasteiger partial charge in [0.2, 0.25) is 5.78 Å². The fraction of sp³-hybridized carbons (Fsp3) is 0.417. The summed E-state index contributed by atoms with van der Waals surface area (Å²) >= 11 is 1.32. The molecule has 0 radical (unpaired) electrons. The largest absolute Gasteiger partial charge is 0.503 e. The van der Waals surface area contributed by atoms with Crippen LogP contribution in [0, 0.1) is 0 Å². The van der Waals surface area contributed by atoms with Crippen LogP contribution in [-0.4, -0.2) is 66.0 Å². The van der Waals surface area contributed by atoms with Crippen LogP contribution in [0.2, 0.25) is 0 Å². The molecule has 3 heterocycles. The van der Waals surface area contributed by atoms with Gasteiger partial charge in [-0.15, -0.1) is 11.3 Å². The average Bonchev–Trinajstić information content (AvgIpc) is 3.43. The number of hydrogen-bond donors (Lipinski definition) is 1. The number of Topliss-reactive ketones (excluding diaryl/α,β-unsaturated/α-hetero) is 1. The maximum absolute atomic E-state index is 13.2. The number of nitrogens with zero attached hydrogens (tertiary/aromatic N) is 2. The first-order valence-electron chi connectivity index (χ1n) is 10.8. The van der Waals surface area contributed by atoms with Crippen molar-refractivity contribution < 1.29 is 19.4 Å². The van der Waals surface area contributed by atoms with Crippen molar-refractivity contribution in [1.82, 2.24) is 9.80 Å². The van der Waals surface area contributed by atoms with E-state index in [2.05, 4.69) is 11.8 Å². The molecule has 2 aliphatic heterocycles. The van der Waals surface area contributed by atoms with Crippen LogP contribution < -0.4 is 0 Å². The van der Waals surface area contributed by atoms with Gasteiger partial charge in [-0.2, -0.15) is 0 Å². The lowest BCUT2D eigenvalue weighted by Crippen LogP contribution is -2.39. The minimum Gasteiger partial charge on any atom is -0.503 e. The molecule has 2 aliphatic rings. The molecule has 0 bridgehead atoms. The predicted octanol–water partition coefficient (Wildman–Crippen LogP) is 3.61. The molecule has 1 amide bonds. The van der Waals surface area contributed by atoms with Crippen molar-refractivity contribution in [3.05, 3.63) is 69.1 Å². The minimum absolute atomic E-state index is 0.183. The van der Waals surface area contributed by atoms with Gasteiger partial charge in [0.15, 0.2) is 5.76 Å². The molecule has 1 atom stereocenters. The van der Waals surface area contributed by atoms with Crippen LogP contribution in [0.3, 0.4) is 0 Å². The summed E-state index contributed by atoms with van der Waals surface area (Å²) in [4.78, 5) is 30.7. The summed E-state index contributed by atoms with van der Waals surface area (Å²) in [6, 6.07) is 10.9. The highest BCUT2D eigenvalue weighted by Crippen LogP contribution is 2.39. The number of aliphatic hydroxyl groups is 1. The Labute approximate surface area is 186 Å². The molecular formula is C24H28N2O4S. The van der Waals surface area contributed by atoms with Crippen LogP contribution in [0.1, 0.15) is 40.2 Å². The maximum atomic E-state index is 13.2. The summed E-state index contributed by atoms with van der Waals surface area (Å²) in [5, 5.41) is 12.5. The lowest BCUT2D eigenvalue weighted by atomic mass is 9.94. The summed E-state index contributed by atoms with van der Waals surface area (Å²) < 4.78 is 5.40. The Morgan fingerprint density at radius 2 is 1.90 bits per heavy atom. The molecule has 7 heteroatoms. The van der Waals surface area contributed by atoms with E-state index in [0.717, 1.165) is 51.3 Å². The van der Waals surface area contributed by atoms with Gasteiger partial charge >= 0.3 is 0 Å².